The zero-order chi connectivity index (χ0) is 13.3. The average molecular weight is 333 g/mol. The standard InChI is InChI=1S/C12H17BrN2O2S/c1-9-6-10(13)2-3-12(9)15-4-5-18(16,17)8-11(15)7-14/h2-3,6,11H,4-5,7-8,14H2,1H3. The highest BCUT2D eigenvalue weighted by atomic mass is 79.9. The van der Waals surface area contributed by atoms with Gasteiger partial charge in [-0.1, -0.05) is 15.9 Å². The summed E-state index contributed by atoms with van der Waals surface area (Å²) in [5.74, 6) is 0.359. The minimum absolute atomic E-state index is 0.122. The van der Waals surface area contributed by atoms with Crippen molar-refractivity contribution in [1.82, 2.24) is 0 Å². The first kappa shape index (κ1) is 13.8. The first-order valence-corrected chi connectivity index (χ1v) is 8.47. The maximum Gasteiger partial charge on any atom is 0.154 e. The van der Waals surface area contributed by atoms with Crippen molar-refractivity contribution in [3.63, 3.8) is 0 Å². The van der Waals surface area contributed by atoms with E-state index in [1.54, 1.807) is 0 Å². The van der Waals surface area contributed by atoms with Crippen LogP contribution in [-0.4, -0.2) is 39.1 Å². The molecule has 0 radical (unpaired) electrons. The zero-order valence-corrected chi connectivity index (χ0v) is 12.7. The van der Waals surface area contributed by atoms with E-state index in [4.69, 9.17) is 5.73 Å². The Morgan fingerprint density at radius 1 is 1.50 bits per heavy atom. The predicted octanol–water partition coefficient (Wildman–Crippen LogP) is 1.32. The van der Waals surface area contributed by atoms with Crippen LogP contribution >= 0.6 is 15.9 Å². The van der Waals surface area contributed by atoms with Gasteiger partial charge in [0.15, 0.2) is 9.84 Å². The molecule has 2 N–H and O–H groups in total. The largest absolute Gasteiger partial charge is 0.365 e. The van der Waals surface area contributed by atoms with Gasteiger partial charge in [0.2, 0.25) is 0 Å². The molecule has 1 aromatic rings. The van der Waals surface area contributed by atoms with Crippen molar-refractivity contribution in [2.45, 2.75) is 13.0 Å². The molecule has 18 heavy (non-hydrogen) atoms. The first-order chi connectivity index (χ1) is 8.43. The molecule has 4 nitrogen and oxygen atoms in total. The van der Waals surface area contributed by atoms with E-state index in [-0.39, 0.29) is 17.5 Å². The Bertz CT molecular complexity index is 545. The van der Waals surface area contributed by atoms with Gasteiger partial charge < -0.3 is 10.6 Å². The minimum Gasteiger partial charge on any atom is -0.365 e. The lowest BCUT2D eigenvalue weighted by molar-refractivity contribution is 0.558. The normalized spacial score (nSPS) is 23.1. The zero-order valence-electron chi connectivity index (χ0n) is 10.3. The summed E-state index contributed by atoms with van der Waals surface area (Å²) < 4.78 is 24.3. The molecule has 0 aromatic heterocycles. The van der Waals surface area contributed by atoms with E-state index >= 15 is 0 Å². The fourth-order valence-corrected chi connectivity index (χ4v) is 4.36. The van der Waals surface area contributed by atoms with Gasteiger partial charge >= 0.3 is 0 Å². The summed E-state index contributed by atoms with van der Waals surface area (Å²) in [5, 5.41) is 0. The number of nitrogens with two attached hydrogens (primary N) is 1. The van der Waals surface area contributed by atoms with E-state index in [0.717, 1.165) is 15.7 Å². The van der Waals surface area contributed by atoms with Gasteiger partial charge in [0.1, 0.15) is 0 Å². The topological polar surface area (TPSA) is 63.4 Å². The molecule has 1 aromatic carbocycles. The van der Waals surface area contributed by atoms with E-state index in [1.165, 1.54) is 0 Å². The molecule has 0 saturated carbocycles. The van der Waals surface area contributed by atoms with E-state index in [0.29, 0.717) is 13.1 Å². The Hall–Kier alpha value is -0.590. The lowest BCUT2D eigenvalue weighted by Gasteiger charge is -2.37. The number of halogens is 1. The van der Waals surface area contributed by atoms with Crippen LogP contribution in [0.3, 0.4) is 0 Å². The second-order valence-corrected chi connectivity index (χ2v) is 7.77. The van der Waals surface area contributed by atoms with Crippen LogP contribution in [0.4, 0.5) is 5.69 Å². The van der Waals surface area contributed by atoms with E-state index in [2.05, 4.69) is 20.8 Å². The molecule has 0 spiro atoms. The predicted molar refractivity (Wildman–Crippen MR) is 77.7 cm³/mol. The second kappa shape index (κ2) is 5.19. The van der Waals surface area contributed by atoms with Crippen LogP contribution in [0.1, 0.15) is 5.56 Å². The van der Waals surface area contributed by atoms with Gasteiger partial charge in [0.05, 0.1) is 17.5 Å². The smallest absolute Gasteiger partial charge is 0.154 e. The summed E-state index contributed by atoms with van der Waals surface area (Å²) in [6.07, 6.45) is 0. The monoisotopic (exact) mass is 332 g/mol. The van der Waals surface area contributed by atoms with Crippen LogP contribution in [0.5, 0.6) is 0 Å². The lowest BCUT2D eigenvalue weighted by Crippen LogP contribution is -2.52. The van der Waals surface area contributed by atoms with Crippen LogP contribution in [0.25, 0.3) is 0 Å². The van der Waals surface area contributed by atoms with Gasteiger partial charge in [-0.15, -0.1) is 0 Å². The Morgan fingerprint density at radius 3 is 2.83 bits per heavy atom. The number of rotatable bonds is 2. The Morgan fingerprint density at radius 2 is 2.22 bits per heavy atom. The van der Waals surface area contributed by atoms with E-state index in [1.807, 2.05) is 25.1 Å². The summed E-state index contributed by atoms with van der Waals surface area (Å²) in [4.78, 5) is 2.11. The quantitative estimate of drug-likeness (QED) is 0.887. The maximum atomic E-state index is 11.6. The summed E-state index contributed by atoms with van der Waals surface area (Å²) in [6, 6.07) is 5.90. The molecule has 1 saturated heterocycles. The highest BCUT2D eigenvalue weighted by Crippen LogP contribution is 2.27. The number of benzene rings is 1. The number of hydrogen-bond acceptors (Lipinski definition) is 4. The van der Waals surface area contributed by atoms with Gasteiger partial charge in [-0.05, 0) is 30.7 Å². The third kappa shape index (κ3) is 2.87. The van der Waals surface area contributed by atoms with Crippen LogP contribution in [-0.2, 0) is 9.84 Å². The molecule has 0 bridgehead atoms. The highest BCUT2D eigenvalue weighted by molar-refractivity contribution is 9.10. The van der Waals surface area contributed by atoms with Gasteiger partial charge in [-0.25, -0.2) is 8.42 Å². The molecule has 2 rings (SSSR count). The number of anilines is 1. The molecule has 1 fully saturated rings. The Kier molecular flexibility index (Phi) is 3.99. The molecule has 1 atom stereocenters. The van der Waals surface area contributed by atoms with Crippen molar-refractivity contribution >= 4 is 31.5 Å². The molecule has 1 unspecified atom stereocenters. The maximum absolute atomic E-state index is 11.6. The van der Waals surface area contributed by atoms with Crippen LogP contribution < -0.4 is 10.6 Å². The van der Waals surface area contributed by atoms with Crippen molar-refractivity contribution in [2.24, 2.45) is 5.73 Å². The molecule has 1 aliphatic rings. The second-order valence-electron chi connectivity index (χ2n) is 4.63. The van der Waals surface area contributed by atoms with Crippen molar-refractivity contribution in [1.29, 1.82) is 0 Å². The SMILES string of the molecule is Cc1cc(Br)ccc1N1CCS(=O)(=O)CC1CN. The van der Waals surface area contributed by atoms with Crippen molar-refractivity contribution in [3.8, 4) is 0 Å². The number of aryl methyl sites for hydroxylation is 1. The summed E-state index contributed by atoms with van der Waals surface area (Å²) in [5.41, 5.74) is 7.92. The molecule has 0 amide bonds. The third-order valence-corrected chi connectivity index (χ3v) is 5.46. The van der Waals surface area contributed by atoms with Crippen LogP contribution in [0, 0.1) is 6.92 Å². The van der Waals surface area contributed by atoms with Gasteiger partial charge in [0.25, 0.3) is 0 Å². The third-order valence-electron chi connectivity index (χ3n) is 3.27. The lowest BCUT2D eigenvalue weighted by atomic mass is 10.1. The Labute approximate surface area is 116 Å². The van der Waals surface area contributed by atoms with Gasteiger partial charge in [-0.3, -0.25) is 0 Å². The number of nitrogens with zero attached hydrogens (tertiary/aromatic N) is 1. The molecule has 1 aliphatic heterocycles. The highest BCUT2D eigenvalue weighted by Gasteiger charge is 2.30. The average Bonchev–Trinajstić information content (AvgIpc) is 2.29. The molecular weight excluding hydrogens is 316 g/mol. The van der Waals surface area contributed by atoms with E-state index < -0.39 is 9.84 Å². The first-order valence-electron chi connectivity index (χ1n) is 5.86. The van der Waals surface area contributed by atoms with Gasteiger partial charge in [-0.2, -0.15) is 0 Å². The summed E-state index contributed by atoms with van der Waals surface area (Å²) >= 11 is 3.43. The number of sulfone groups is 1. The van der Waals surface area contributed by atoms with Crippen molar-refractivity contribution < 1.29 is 8.42 Å². The van der Waals surface area contributed by atoms with Crippen molar-refractivity contribution in [2.75, 3.05) is 29.5 Å². The fourth-order valence-electron chi connectivity index (χ4n) is 2.34. The van der Waals surface area contributed by atoms with E-state index in [9.17, 15) is 8.42 Å². The Balaban J connectivity index is 2.32. The van der Waals surface area contributed by atoms with Crippen LogP contribution in [0.2, 0.25) is 0 Å². The molecule has 6 heteroatoms. The summed E-state index contributed by atoms with van der Waals surface area (Å²) in [7, 11) is -2.94. The molecule has 1 heterocycles. The fraction of sp³-hybridized carbons (Fsp3) is 0.500. The van der Waals surface area contributed by atoms with Gasteiger partial charge in [0, 0.05) is 23.2 Å². The number of hydrogen-bond donors (Lipinski definition) is 1. The molecule has 0 aliphatic carbocycles. The summed E-state index contributed by atoms with van der Waals surface area (Å²) in [6.45, 7) is 2.90. The van der Waals surface area contributed by atoms with Crippen molar-refractivity contribution in [3.05, 3.63) is 28.2 Å². The van der Waals surface area contributed by atoms with Crippen LogP contribution in [0.15, 0.2) is 22.7 Å². The molecule has 100 valence electrons. The minimum atomic E-state index is -2.94. The molecular formula is C12H17BrN2O2S.